The Morgan fingerprint density at radius 3 is 2.75 bits per heavy atom. The molecule has 16 heavy (non-hydrogen) atoms. The van der Waals surface area contributed by atoms with E-state index in [0.29, 0.717) is 5.56 Å². The number of azide groups is 1. The summed E-state index contributed by atoms with van der Waals surface area (Å²) in [4.78, 5) is 2.59. The van der Waals surface area contributed by atoms with E-state index in [4.69, 9.17) is 10.3 Å². The van der Waals surface area contributed by atoms with Crippen molar-refractivity contribution < 1.29 is 18.3 Å². The Balaban J connectivity index is 2.92. The first-order valence-corrected chi connectivity index (χ1v) is 4.30. The minimum absolute atomic E-state index is 0.0535. The molecule has 0 heterocycles. The zero-order valence-electron chi connectivity index (χ0n) is 8.43. The van der Waals surface area contributed by atoms with E-state index in [-0.39, 0.29) is 18.0 Å². The van der Waals surface area contributed by atoms with E-state index in [1.165, 1.54) is 25.3 Å². The second-order valence-electron chi connectivity index (χ2n) is 2.75. The molecule has 0 aliphatic rings. The third kappa shape index (κ3) is 3.29. The van der Waals surface area contributed by atoms with Gasteiger partial charge in [-0.1, -0.05) is 11.2 Å². The monoisotopic (exact) mass is 229 g/mol. The fourth-order valence-corrected chi connectivity index (χ4v) is 1.12. The van der Waals surface area contributed by atoms with Crippen LogP contribution < -0.4 is 9.47 Å². The predicted molar refractivity (Wildman–Crippen MR) is 52.5 cm³/mol. The van der Waals surface area contributed by atoms with Crippen LogP contribution in [0.5, 0.6) is 11.5 Å². The molecule has 0 saturated heterocycles. The summed E-state index contributed by atoms with van der Waals surface area (Å²) in [6.45, 7) is -2.78. The van der Waals surface area contributed by atoms with Crippen LogP contribution in [-0.4, -0.2) is 13.7 Å². The van der Waals surface area contributed by atoms with Crippen LogP contribution in [0, 0.1) is 0 Å². The molecule has 0 saturated carbocycles. The summed E-state index contributed by atoms with van der Waals surface area (Å²) in [6, 6.07) is 4.34. The Bertz CT molecular complexity index is 406. The van der Waals surface area contributed by atoms with Crippen molar-refractivity contribution in [2.24, 2.45) is 5.11 Å². The van der Waals surface area contributed by atoms with Crippen LogP contribution in [0.25, 0.3) is 10.4 Å². The highest BCUT2D eigenvalue weighted by molar-refractivity contribution is 5.42. The number of halogens is 2. The van der Waals surface area contributed by atoms with Gasteiger partial charge in [0.15, 0.2) is 11.5 Å². The van der Waals surface area contributed by atoms with Crippen LogP contribution in [0.1, 0.15) is 5.56 Å². The van der Waals surface area contributed by atoms with Crippen LogP contribution in [0.15, 0.2) is 23.3 Å². The number of alkyl halides is 2. The molecular formula is C9H9F2N3O2. The SMILES string of the molecule is COc1cc(CN=[N+]=[N-])ccc1OC(F)F. The van der Waals surface area contributed by atoms with E-state index in [1.54, 1.807) is 0 Å². The van der Waals surface area contributed by atoms with Gasteiger partial charge in [-0.15, -0.1) is 0 Å². The molecule has 7 heteroatoms. The van der Waals surface area contributed by atoms with Gasteiger partial charge in [0.25, 0.3) is 0 Å². The largest absolute Gasteiger partial charge is 0.493 e. The number of hydrogen-bond donors (Lipinski definition) is 0. The highest BCUT2D eigenvalue weighted by Crippen LogP contribution is 2.29. The van der Waals surface area contributed by atoms with Crippen LogP contribution in [0.3, 0.4) is 0 Å². The molecule has 0 aliphatic carbocycles. The van der Waals surface area contributed by atoms with Crippen molar-refractivity contribution in [1.82, 2.24) is 0 Å². The zero-order chi connectivity index (χ0) is 12.0. The van der Waals surface area contributed by atoms with E-state index in [2.05, 4.69) is 14.8 Å². The predicted octanol–water partition coefficient (Wildman–Crippen LogP) is 3.11. The molecule has 0 amide bonds. The second-order valence-corrected chi connectivity index (χ2v) is 2.75. The summed E-state index contributed by atoms with van der Waals surface area (Å²) in [5, 5.41) is 3.34. The minimum atomic E-state index is -2.91. The van der Waals surface area contributed by atoms with Crippen LogP contribution >= 0.6 is 0 Å². The molecule has 0 radical (unpaired) electrons. The van der Waals surface area contributed by atoms with Gasteiger partial charge in [-0.3, -0.25) is 0 Å². The molecule has 0 unspecified atom stereocenters. The third-order valence-electron chi connectivity index (χ3n) is 1.76. The highest BCUT2D eigenvalue weighted by Gasteiger charge is 2.10. The normalized spacial score (nSPS) is 9.75. The number of methoxy groups -OCH3 is 1. The first-order chi connectivity index (χ1) is 7.67. The molecule has 0 bridgehead atoms. The molecule has 1 rings (SSSR count). The molecule has 0 N–H and O–H groups in total. The standard InChI is InChI=1S/C9H9F2N3O2/c1-15-8-4-6(5-13-14-12)2-3-7(8)16-9(10)11/h2-4,9H,5H2,1H3. The van der Waals surface area contributed by atoms with Crippen molar-refractivity contribution in [3.8, 4) is 11.5 Å². The fourth-order valence-electron chi connectivity index (χ4n) is 1.12. The van der Waals surface area contributed by atoms with E-state index in [0.717, 1.165) is 0 Å². The molecule has 86 valence electrons. The average molecular weight is 229 g/mol. The summed E-state index contributed by atoms with van der Waals surface area (Å²) >= 11 is 0. The maximum atomic E-state index is 12.0. The van der Waals surface area contributed by atoms with Gasteiger partial charge in [-0.05, 0) is 23.2 Å². The topological polar surface area (TPSA) is 67.2 Å². The van der Waals surface area contributed by atoms with Gasteiger partial charge in [0, 0.05) is 4.91 Å². The van der Waals surface area contributed by atoms with E-state index >= 15 is 0 Å². The number of hydrogen-bond acceptors (Lipinski definition) is 3. The van der Waals surface area contributed by atoms with Crippen molar-refractivity contribution in [2.45, 2.75) is 13.2 Å². The quantitative estimate of drug-likeness (QED) is 0.442. The lowest BCUT2D eigenvalue weighted by Gasteiger charge is -2.10. The van der Waals surface area contributed by atoms with Gasteiger partial charge in [0.1, 0.15) is 0 Å². The summed E-state index contributed by atoms with van der Waals surface area (Å²) in [7, 11) is 1.34. The highest BCUT2D eigenvalue weighted by atomic mass is 19.3. The molecule has 1 aromatic carbocycles. The smallest absolute Gasteiger partial charge is 0.387 e. The summed E-state index contributed by atoms with van der Waals surface area (Å²) in [5.74, 6) is 0.119. The Labute approximate surface area is 90.2 Å². The molecular weight excluding hydrogens is 220 g/mol. The number of nitrogens with zero attached hydrogens (tertiary/aromatic N) is 3. The number of benzene rings is 1. The molecule has 0 aromatic heterocycles. The Hall–Kier alpha value is -2.01. The Morgan fingerprint density at radius 1 is 1.44 bits per heavy atom. The lowest BCUT2D eigenvalue weighted by Crippen LogP contribution is -2.03. The molecule has 0 fully saturated rings. The van der Waals surface area contributed by atoms with Crippen molar-refractivity contribution in [2.75, 3.05) is 7.11 Å². The van der Waals surface area contributed by atoms with Crippen molar-refractivity contribution in [3.05, 3.63) is 34.2 Å². The summed E-state index contributed by atoms with van der Waals surface area (Å²) < 4.78 is 33.1. The van der Waals surface area contributed by atoms with Gasteiger partial charge in [0.2, 0.25) is 0 Å². The molecule has 0 atom stereocenters. The van der Waals surface area contributed by atoms with Crippen molar-refractivity contribution in [1.29, 1.82) is 0 Å². The van der Waals surface area contributed by atoms with Crippen LogP contribution in [0.2, 0.25) is 0 Å². The Kier molecular flexibility index (Phi) is 4.35. The molecule has 5 nitrogen and oxygen atoms in total. The van der Waals surface area contributed by atoms with Gasteiger partial charge in [0.05, 0.1) is 13.7 Å². The zero-order valence-corrected chi connectivity index (χ0v) is 8.43. The number of ether oxygens (including phenoxy) is 2. The maximum Gasteiger partial charge on any atom is 0.387 e. The first-order valence-electron chi connectivity index (χ1n) is 4.30. The lowest BCUT2D eigenvalue weighted by molar-refractivity contribution is -0.0512. The first kappa shape index (κ1) is 12.1. The van der Waals surface area contributed by atoms with Gasteiger partial charge >= 0.3 is 6.61 Å². The fraction of sp³-hybridized carbons (Fsp3) is 0.333. The summed E-state index contributed by atoms with van der Waals surface area (Å²) in [5.41, 5.74) is 8.78. The molecule has 0 aliphatic heterocycles. The van der Waals surface area contributed by atoms with E-state index < -0.39 is 6.61 Å². The van der Waals surface area contributed by atoms with Gasteiger partial charge in [-0.25, -0.2) is 0 Å². The van der Waals surface area contributed by atoms with Crippen molar-refractivity contribution in [3.63, 3.8) is 0 Å². The average Bonchev–Trinajstić information content (AvgIpc) is 2.27. The Morgan fingerprint density at radius 2 is 2.19 bits per heavy atom. The second kappa shape index (κ2) is 5.77. The molecule has 0 spiro atoms. The summed E-state index contributed by atoms with van der Waals surface area (Å²) in [6.07, 6.45) is 0. The van der Waals surface area contributed by atoms with Gasteiger partial charge < -0.3 is 9.47 Å². The van der Waals surface area contributed by atoms with Crippen LogP contribution in [0.4, 0.5) is 8.78 Å². The van der Waals surface area contributed by atoms with E-state index in [9.17, 15) is 8.78 Å². The lowest BCUT2D eigenvalue weighted by atomic mass is 10.2. The van der Waals surface area contributed by atoms with Gasteiger partial charge in [-0.2, -0.15) is 8.78 Å². The number of rotatable bonds is 5. The van der Waals surface area contributed by atoms with E-state index in [1.807, 2.05) is 0 Å². The third-order valence-corrected chi connectivity index (χ3v) is 1.76. The van der Waals surface area contributed by atoms with Crippen LogP contribution in [-0.2, 0) is 6.54 Å². The molecule has 1 aromatic rings. The maximum absolute atomic E-state index is 12.0. The minimum Gasteiger partial charge on any atom is -0.493 e. The van der Waals surface area contributed by atoms with Crippen molar-refractivity contribution >= 4 is 0 Å².